The van der Waals surface area contributed by atoms with Crippen molar-refractivity contribution in [2.75, 3.05) is 17.3 Å². The minimum Gasteiger partial charge on any atom is -0.480 e. The van der Waals surface area contributed by atoms with Gasteiger partial charge in [-0.25, -0.2) is 0 Å². The SMILES string of the molecule is C=C1CC=CN2c3ccc(NC)cc3C(c3ccccc3)(c3ccccc3)c3cc4c(c1c32)OC4/C=C\C=C(/C)c1ccccc1. The van der Waals surface area contributed by atoms with Gasteiger partial charge >= 0.3 is 0 Å². The van der Waals surface area contributed by atoms with Crippen molar-refractivity contribution in [3.05, 3.63) is 191 Å². The third-order valence-corrected chi connectivity index (χ3v) is 9.67. The van der Waals surface area contributed by atoms with Crippen molar-refractivity contribution in [3.63, 3.8) is 0 Å². The van der Waals surface area contributed by atoms with Gasteiger partial charge in [-0.3, -0.25) is 0 Å². The molecule has 0 fully saturated rings. The van der Waals surface area contributed by atoms with Gasteiger partial charge in [-0.1, -0.05) is 116 Å². The minimum absolute atomic E-state index is 0.150. The lowest BCUT2D eigenvalue weighted by atomic mass is 9.61. The lowest BCUT2D eigenvalue weighted by molar-refractivity contribution is 0.192. The summed E-state index contributed by atoms with van der Waals surface area (Å²) in [5.41, 5.74) is 13.5. The summed E-state index contributed by atoms with van der Waals surface area (Å²) < 4.78 is 6.63. The molecule has 3 aliphatic rings. The first-order valence-electron chi connectivity index (χ1n) is 16.0. The summed E-state index contributed by atoms with van der Waals surface area (Å²) in [4.78, 5) is 2.36. The average Bonchev–Trinajstić information content (AvgIpc) is 3.27. The zero-order valence-corrected chi connectivity index (χ0v) is 26.2. The molecule has 1 atom stereocenters. The molecule has 0 bridgehead atoms. The summed E-state index contributed by atoms with van der Waals surface area (Å²) in [6, 6.07) is 41.6. The van der Waals surface area contributed by atoms with E-state index in [4.69, 9.17) is 4.74 Å². The van der Waals surface area contributed by atoms with Crippen LogP contribution >= 0.6 is 0 Å². The largest absolute Gasteiger partial charge is 0.480 e. The Balaban J connectivity index is 1.40. The van der Waals surface area contributed by atoms with Crippen LogP contribution in [0.3, 0.4) is 0 Å². The van der Waals surface area contributed by atoms with Crippen LogP contribution in [0.5, 0.6) is 5.75 Å². The van der Waals surface area contributed by atoms with Gasteiger partial charge in [0.15, 0.2) is 0 Å². The van der Waals surface area contributed by atoms with Crippen LogP contribution in [-0.4, -0.2) is 7.05 Å². The molecule has 8 rings (SSSR count). The van der Waals surface area contributed by atoms with Gasteiger partial charge in [0.1, 0.15) is 11.9 Å². The molecule has 46 heavy (non-hydrogen) atoms. The van der Waals surface area contributed by atoms with E-state index >= 15 is 0 Å². The van der Waals surface area contributed by atoms with Crippen LogP contribution in [0.2, 0.25) is 0 Å². The van der Waals surface area contributed by atoms with Gasteiger partial charge in [0, 0.05) is 30.1 Å². The second kappa shape index (κ2) is 11.1. The number of anilines is 3. The Bertz CT molecular complexity index is 2020. The quantitative estimate of drug-likeness (QED) is 0.197. The Morgan fingerprint density at radius 2 is 1.54 bits per heavy atom. The number of ether oxygens (including phenoxy) is 1. The molecule has 0 amide bonds. The van der Waals surface area contributed by atoms with Crippen LogP contribution in [-0.2, 0) is 5.41 Å². The number of fused-ring (bicyclic) bond motifs is 4. The van der Waals surface area contributed by atoms with Crippen LogP contribution in [0.1, 0.15) is 58.4 Å². The maximum atomic E-state index is 6.63. The van der Waals surface area contributed by atoms with Gasteiger partial charge in [0.2, 0.25) is 0 Å². The molecular weight excluding hydrogens is 560 g/mol. The first-order valence-corrected chi connectivity index (χ1v) is 16.0. The molecule has 5 aromatic rings. The van der Waals surface area contributed by atoms with E-state index in [1.165, 1.54) is 39.0 Å². The molecule has 0 aliphatic carbocycles. The molecule has 0 aromatic heterocycles. The molecule has 0 radical (unpaired) electrons. The van der Waals surface area contributed by atoms with Gasteiger partial charge < -0.3 is 15.0 Å². The van der Waals surface area contributed by atoms with Crippen molar-refractivity contribution < 1.29 is 4.74 Å². The fourth-order valence-corrected chi connectivity index (χ4v) is 7.44. The Kier molecular flexibility index (Phi) is 6.76. The minimum atomic E-state index is -0.577. The third kappa shape index (κ3) is 4.19. The second-order valence-corrected chi connectivity index (χ2v) is 12.2. The van der Waals surface area contributed by atoms with E-state index in [-0.39, 0.29) is 6.10 Å². The molecule has 5 aromatic carbocycles. The van der Waals surface area contributed by atoms with E-state index in [0.717, 1.165) is 40.4 Å². The molecule has 224 valence electrons. The molecule has 3 aliphatic heterocycles. The van der Waals surface area contributed by atoms with Gasteiger partial charge in [-0.15, -0.1) is 0 Å². The van der Waals surface area contributed by atoms with Crippen LogP contribution in [0.15, 0.2) is 152 Å². The lowest BCUT2D eigenvalue weighted by Gasteiger charge is -2.48. The van der Waals surface area contributed by atoms with Crippen LogP contribution in [0.25, 0.3) is 11.1 Å². The van der Waals surface area contributed by atoms with Crippen molar-refractivity contribution >= 4 is 28.2 Å². The predicted molar refractivity (Wildman–Crippen MR) is 192 cm³/mol. The van der Waals surface area contributed by atoms with Gasteiger partial charge in [0.05, 0.1) is 16.8 Å². The van der Waals surface area contributed by atoms with Gasteiger partial charge in [-0.05, 0) is 82.6 Å². The molecular formula is C43H36N2O. The van der Waals surface area contributed by atoms with Crippen LogP contribution in [0.4, 0.5) is 17.1 Å². The number of nitrogens with zero attached hydrogens (tertiary/aromatic N) is 1. The first kappa shape index (κ1) is 28.0. The number of nitrogens with one attached hydrogen (secondary N) is 1. The maximum absolute atomic E-state index is 6.63. The van der Waals surface area contributed by atoms with Crippen molar-refractivity contribution in [3.8, 4) is 5.75 Å². The highest BCUT2D eigenvalue weighted by Gasteiger charge is 2.49. The monoisotopic (exact) mass is 596 g/mol. The summed E-state index contributed by atoms with van der Waals surface area (Å²) in [6.45, 7) is 6.76. The lowest BCUT2D eigenvalue weighted by Crippen LogP contribution is -2.39. The Labute approximate surface area is 271 Å². The Morgan fingerprint density at radius 3 is 2.22 bits per heavy atom. The molecule has 0 spiro atoms. The smallest absolute Gasteiger partial charge is 0.146 e. The zero-order valence-electron chi connectivity index (χ0n) is 26.2. The molecule has 3 heteroatoms. The Hall–Kier alpha value is -5.54. The highest BCUT2D eigenvalue weighted by atomic mass is 16.5. The standard InChI is InChI=1S/C43H36N2O/c1-29(31-17-7-4-8-18-31)15-13-23-39-35-28-37-41-40(42(35)46-39)30(2)16-14-26-45(41)38-25-24-34(44-3)27-36(38)43(37,32-19-9-5-10-20-32)33-21-11-6-12-22-33/h4-15,17-28,39,44H,2,16H2,1,3H3/b23-13-,29-15+. The molecule has 1 unspecified atom stereocenters. The predicted octanol–water partition coefficient (Wildman–Crippen LogP) is 10.6. The fourth-order valence-electron chi connectivity index (χ4n) is 7.44. The maximum Gasteiger partial charge on any atom is 0.146 e. The summed E-state index contributed by atoms with van der Waals surface area (Å²) in [6.07, 6.45) is 11.5. The van der Waals surface area contributed by atoms with Crippen molar-refractivity contribution in [1.82, 2.24) is 0 Å². The third-order valence-electron chi connectivity index (χ3n) is 9.67. The fraction of sp³-hybridized carbons (Fsp3) is 0.116. The number of allylic oxidation sites excluding steroid dienone is 5. The first-order chi connectivity index (χ1) is 22.6. The van der Waals surface area contributed by atoms with Gasteiger partial charge in [0.25, 0.3) is 0 Å². The van der Waals surface area contributed by atoms with Crippen molar-refractivity contribution in [2.45, 2.75) is 24.9 Å². The number of hydrogen-bond acceptors (Lipinski definition) is 3. The topological polar surface area (TPSA) is 24.5 Å². The average molecular weight is 597 g/mol. The Morgan fingerprint density at radius 1 is 0.870 bits per heavy atom. The van der Waals surface area contributed by atoms with Crippen LogP contribution < -0.4 is 15.0 Å². The van der Waals surface area contributed by atoms with E-state index < -0.39 is 5.41 Å². The van der Waals surface area contributed by atoms with E-state index in [0.29, 0.717) is 0 Å². The molecule has 1 N–H and O–H groups in total. The molecule has 3 nitrogen and oxygen atoms in total. The van der Waals surface area contributed by atoms with Crippen LogP contribution in [0, 0.1) is 0 Å². The summed E-state index contributed by atoms with van der Waals surface area (Å²) in [7, 11) is 1.99. The van der Waals surface area contributed by atoms with E-state index in [1.807, 2.05) is 7.05 Å². The number of hydrogen-bond donors (Lipinski definition) is 1. The van der Waals surface area contributed by atoms with Gasteiger partial charge in [-0.2, -0.15) is 0 Å². The second-order valence-electron chi connectivity index (χ2n) is 12.2. The highest BCUT2D eigenvalue weighted by Crippen LogP contribution is 2.62. The molecule has 3 heterocycles. The van der Waals surface area contributed by atoms with E-state index in [9.17, 15) is 0 Å². The molecule has 0 saturated heterocycles. The van der Waals surface area contributed by atoms with Crippen molar-refractivity contribution in [2.24, 2.45) is 0 Å². The molecule has 0 saturated carbocycles. The summed E-state index contributed by atoms with van der Waals surface area (Å²) in [5, 5.41) is 3.42. The van der Waals surface area contributed by atoms with E-state index in [2.05, 4.69) is 169 Å². The number of rotatable bonds is 6. The number of benzene rings is 5. The zero-order chi connectivity index (χ0) is 31.3. The van der Waals surface area contributed by atoms with Crippen molar-refractivity contribution in [1.29, 1.82) is 0 Å². The highest BCUT2D eigenvalue weighted by molar-refractivity contribution is 5.96. The summed E-state index contributed by atoms with van der Waals surface area (Å²) in [5.74, 6) is 0.946. The summed E-state index contributed by atoms with van der Waals surface area (Å²) >= 11 is 0. The normalized spacial score (nSPS) is 17.3. The van der Waals surface area contributed by atoms with E-state index in [1.54, 1.807) is 0 Å².